The van der Waals surface area contributed by atoms with E-state index in [0.717, 1.165) is 0 Å². The van der Waals surface area contributed by atoms with Crippen LogP contribution in [0.1, 0.15) is 13.3 Å². The molecule has 1 amide bonds. The first-order valence-corrected chi connectivity index (χ1v) is 5.89. The van der Waals surface area contributed by atoms with E-state index in [1.165, 1.54) is 12.1 Å². The molecule has 92 valence electrons. The molecule has 0 saturated carbocycles. The summed E-state index contributed by atoms with van der Waals surface area (Å²) in [7, 11) is 0. The van der Waals surface area contributed by atoms with Crippen LogP contribution in [0.5, 0.6) is 5.75 Å². The van der Waals surface area contributed by atoms with Gasteiger partial charge in [-0.05, 0) is 24.4 Å². The van der Waals surface area contributed by atoms with Crippen molar-refractivity contribution in [3.05, 3.63) is 22.2 Å². The summed E-state index contributed by atoms with van der Waals surface area (Å²) in [6.07, 6.45) is 0.310. The highest BCUT2D eigenvalue weighted by Gasteiger charge is 2.10. The van der Waals surface area contributed by atoms with Crippen LogP contribution in [-0.4, -0.2) is 16.1 Å². The van der Waals surface area contributed by atoms with Crippen LogP contribution < -0.4 is 10.6 Å². The van der Waals surface area contributed by atoms with E-state index in [1.54, 1.807) is 6.92 Å². The molecule has 7 heteroatoms. The van der Waals surface area contributed by atoms with E-state index < -0.39 is 0 Å². The maximum Gasteiger partial charge on any atom is 0.225 e. The van der Waals surface area contributed by atoms with E-state index in [-0.39, 0.29) is 27.5 Å². The molecule has 0 unspecified atom stereocenters. The number of phenolic OH excluding ortho intramolecular Hbond substituents is 1. The molecule has 3 N–H and O–H groups in total. The van der Waals surface area contributed by atoms with Crippen molar-refractivity contribution in [3.63, 3.8) is 0 Å². The van der Waals surface area contributed by atoms with Gasteiger partial charge >= 0.3 is 0 Å². The lowest BCUT2D eigenvalue weighted by Crippen LogP contribution is -2.33. The number of benzene rings is 1. The van der Waals surface area contributed by atoms with Crippen LogP contribution in [0.15, 0.2) is 12.1 Å². The minimum Gasteiger partial charge on any atom is -0.504 e. The number of aromatic hydroxyl groups is 1. The summed E-state index contributed by atoms with van der Waals surface area (Å²) in [6, 6.07) is 2.85. The third-order valence-electron chi connectivity index (χ3n) is 1.85. The largest absolute Gasteiger partial charge is 0.504 e. The van der Waals surface area contributed by atoms with Gasteiger partial charge in [0.25, 0.3) is 0 Å². The zero-order valence-electron chi connectivity index (χ0n) is 8.88. The Morgan fingerprint density at radius 1 is 1.47 bits per heavy atom. The highest BCUT2D eigenvalue weighted by atomic mass is 35.5. The lowest BCUT2D eigenvalue weighted by molar-refractivity contribution is -0.119. The molecule has 0 fully saturated rings. The molecule has 0 aliphatic rings. The molecule has 0 radical (unpaired) electrons. The van der Waals surface area contributed by atoms with Gasteiger partial charge in [-0.15, -0.1) is 0 Å². The normalized spacial score (nSPS) is 9.82. The zero-order chi connectivity index (χ0) is 13.0. The highest BCUT2D eigenvalue weighted by Crippen LogP contribution is 2.34. The molecule has 0 aliphatic heterocycles. The standard InChI is InChI=1S/C10H10Cl2N2O2S/c1-2-8(15)14-10(17)13-7-4-5(11)3-6(12)9(7)16/h3-4,16H,2H2,1H3,(H2,13,14,15,17). The number of amides is 1. The van der Waals surface area contributed by atoms with Gasteiger partial charge < -0.3 is 15.7 Å². The second-order valence-corrected chi connectivity index (χ2v) is 4.39. The Bertz CT molecular complexity index is 466. The van der Waals surface area contributed by atoms with Crippen LogP contribution in [-0.2, 0) is 4.79 Å². The van der Waals surface area contributed by atoms with Crippen LogP contribution in [0.4, 0.5) is 5.69 Å². The SMILES string of the molecule is CCC(=O)NC(=S)Nc1cc(Cl)cc(Cl)c1O. The first-order valence-electron chi connectivity index (χ1n) is 4.73. The van der Waals surface area contributed by atoms with Crippen molar-refractivity contribution in [2.75, 3.05) is 5.32 Å². The molecule has 0 atom stereocenters. The van der Waals surface area contributed by atoms with E-state index in [4.69, 9.17) is 35.4 Å². The molecule has 0 aliphatic carbocycles. The number of nitrogens with one attached hydrogen (secondary N) is 2. The van der Waals surface area contributed by atoms with Crippen molar-refractivity contribution >= 4 is 52.1 Å². The van der Waals surface area contributed by atoms with Crippen LogP contribution in [0, 0.1) is 0 Å². The minimum absolute atomic E-state index is 0.0745. The van der Waals surface area contributed by atoms with Crippen LogP contribution in [0.25, 0.3) is 0 Å². The number of phenols is 1. The van der Waals surface area contributed by atoms with Crippen LogP contribution in [0.3, 0.4) is 0 Å². The molecule has 0 saturated heterocycles. The third kappa shape index (κ3) is 4.03. The molecule has 1 aromatic carbocycles. The number of hydrogen-bond acceptors (Lipinski definition) is 3. The summed E-state index contributed by atoms with van der Waals surface area (Å²) in [5.41, 5.74) is 0.240. The molecule has 0 aromatic heterocycles. The molecule has 0 heterocycles. The number of thiocarbonyl (C=S) groups is 1. The van der Waals surface area contributed by atoms with E-state index in [1.807, 2.05) is 0 Å². The lowest BCUT2D eigenvalue weighted by Gasteiger charge is -2.11. The average Bonchev–Trinajstić information content (AvgIpc) is 2.24. The number of anilines is 1. The van der Waals surface area contributed by atoms with Gasteiger partial charge in [-0.25, -0.2) is 0 Å². The molecule has 1 rings (SSSR count). The maximum absolute atomic E-state index is 11.1. The van der Waals surface area contributed by atoms with E-state index in [2.05, 4.69) is 10.6 Å². The predicted molar refractivity (Wildman–Crippen MR) is 72.8 cm³/mol. The molecular weight excluding hydrogens is 283 g/mol. The Hall–Kier alpha value is -1.04. The van der Waals surface area contributed by atoms with Gasteiger partial charge in [0, 0.05) is 11.4 Å². The fourth-order valence-electron chi connectivity index (χ4n) is 1.03. The lowest BCUT2D eigenvalue weighted by atomic mass is 10.3. The van der Waals surface area contributed by atoms with Crippen molar-refractivity contribution in [1.29, 1.82) is 0 Å². The Kier molecular flexibility index (Phi) is 4.99. The second-order valence-electron chi connectivity index (χ2n) is 3.14. The summed E-state index contributed by atoms with van der Waals surface area (Å²) in [5, 5.41) is 15.2. The van der Waals surface area contributed by atoms with E-state index in [0.29, 0.717) is 11.4 Å². The Balaban J connectivity index is 2.81. The Labute approximate surface area is 114 Å². The highest BCUT2D eigenvalue weighted by molar-refractivity contribution is 7.80. The van der Waals surface area contributed by atoms with Crippen molar-refractivity contribution in [3.8, 4) is 5.75 Å². The molecule has 17 heavy (non-hydrogen) atoms. The monoisotopic (exact) mass is 292 g/mol. The Morgan fingerprint density at radius 2 is 2.12 bits per heavy atom. The van der Waals surface area contributed by atoms with Gasteiger partial charge in [-0.2, -0.15) is 0 Å². The van der Waals surface area contributed by atoms with Gasteiger partial charge in [0.2, 0.25) is 5.91 Å². The van der Waals surface area contributed by atoms with Crippen molar-refractivity contribution in [1.82, 2.24) is 5.32 Å². The first kappa shape index (κ1) is 14.0. The second kappa shape index (κ2) is 6.05. The van der Waals surface area contributed by atoms with Crippen molar-refractivity contribution in [2.45, 2.75) is 13.3 Å². The number of carbonyl (C=O) groups excluding carboxylic acids is 1. The number of rotatable bonds is 2. The number of carbonyl (C=O) groups is 1. The van der Waals surface area contributed by atoms with Crippen molar-refractivity contribution in [2.24, 2.45) is 0 Å². The van der Waals surface area contributed by atoms with Gasteiger partial charge in [0.1, 0.15) is 0 Å². The topological polar surface area (TPSA) is 61.4 Å². The summed E-state index contributed by atoms with van der Waals surface area (Å²) >= 11 is 16.4. The fourth-order valence-corrected chi connectivity index (χ4v) is 1.75. The summed E-state index contributed by atoms with van der Waals surface area (Å²) in [5.74, 6) is -0.403. The smallest absolute Gasteiger partial charge is 0.225 e. The van der Waals surface area contributed by atoms with Gasteiger partial charge in [-0.3, -0.25) is 4.79 Å². The molecule has 4 nitrogen and oxygen atoms in total. The molecule has 1 aromatic rings. The predicted octanol–water partition coefficient (Wildman–Crippen LogP) is 2.92. The van der Waals surface area contributed by atoms with Crippen molar-refractivity contribution < 1.29 is 9.90 Å². The van der Waals surface area contributed by atoms with Crippen LogP contribution in [0.2, 0.25) is 10.0 Å². The minimum atomic E-state index is -0.227. The van der Waals surface area contributed by atoms with Gasteiger partial charge in [0.05, 0.1) is 10.7 Å². The third-order valence-corrected chi connectivity index (χ3v) is 2.56. The van der Waals surface area contributed by atoms with Gasteiger partial charge in [-0.1, -0.05) is 30.1 Å². The van der Waals surface area contributed by atoms with E-state index >= 15 is 0 Å². The number of halogens is 2. The molecule has 0 spiro atoms. The van der Waals surface area contributed by atoms with E-state index in [9.17, 15) is 9.90 Å². The summed E-state index contributed by atoms with van der Waals surface area (Å²) < 4.78 is 0. The molecule has 0 bridgehead atoms. The Morgan fingerprint density at radius 3 is 2.71 bits per heavy atom. The number of hydrogen-bond donors (Lipinski definition) is 3. The average molecular weight is 293 g/mol. The zero-order valence-corrected chi connectivity index (χ0v) is 11.2. The quantitative estimate of drug-likeness (QED) is 0.579. The summed E-state index contributed by atoms with van der Waals surface area (Å²) in [4.78, 5) is 11.1. The van der Waals surface area contributed by atoms with Gasteiger partial charge in [0.15, 0.2) is 10.9 Å². The van der Waals surface area contributed by atoms with Crippen LogP contribution >= 0.6 is 35.4 Å². The maximum atomic E-state index is 11.1. The fraction of sp³-hybridized carbons (Fsp3) is 0.200. The molecular formula is C10H10Cl2N2O2S. The first-order chi connectivity index (χ1) is 7.93. The summed E-state index contributed by atoms with van der Waals surface area (Å²) in [6.45, 7) is 1.70.